The van der Waals surface area contributed by atoms with Crippen LogP contribution in [-0.4, -0.2) is 38.3 Å². The number of ether oxygens (including phenoxy) is 2. The molecule has 6 nitrogen and oxygen atoms in total. The average molecular weight is 358 g/mol. The van der Waals surface area contributed by atoms with E-state index in [1.54, 1.807) is 25.3 Å². The molecule has 2 aromatic rings. The number of hydrogen-bond donors (Lipinski definition) is 1. The van der Waals surface area contributed by atoms with Gasteiger partial charge in [-0.1, -0.05) is 12.1 Å². The molecule has 2 amide bonds. The topological polar surface area (TPSA) is 67.9 Å². The van der Waals surface area contributed by atoms with Crippen LogP contribution in [-0.2, 0) is 9.59 Å². The Hall–Kier alpha value is -2.67. The number of nitrogens with zero attached hydrogens (tertiary/aromatic N) is 1. The van der Waals surface area contributed by atoms with Crippen LogP contribution in [0.3, 0.4) is 0 Å². The van der Waals surface area contributed by atoms with Crippen LogP contribution in [0.1, 0.15) is 0 Å². The fraction of sp³-hybridized carbons (Fsp3) is 0.222. The summed E-state index contributed by atoms with van der Waals surface area (Å²) < 4.78 is 10.4. The van der Waals surface area contributed by atoms with Crippen molar-refractivity contribution in [3.63, 3.8) is 0 Å². The van der Waals surface area contributed by atoms with Gasteiger partial charge >= 0.3 is 0 Å². The number of para-hydroxylation sites is 1. The van der Waals surface area contributed by atoms with E-state index in [-0.39, 0.29) is 18.4 Å². The molecule has 1 aliphatic heterocycles. The van der Waals surface area contributed by atoms with Gasteiger partial charge in [-0.25, -0.2) is 0 Å². The normalized spacial score (nSPS) is 13.2. The van der Waals surface area contributed by atoms with Gasteiger partial charge in [0.1, 0.15) is 18.0 Å². The summed E-state index contributed by atoms with van der Waals surface area (Å²) in [5.74, 6) is 1.08. The first-order valence-corrected chi connectivity index (χ1v) is 8.65. The summed E-state index contributed by atoms with van der Waals surface area (Å²) in [5.41, 5.74) is 1.29. The zero-order chi connectivity index (χ0) is 17.8. The number of nitrogens with one attached hydrogen (secondary N) is 1. The number of hydrogen-bond acceptors (Lipinski definition) is 5. The third kappa shape index (κ3) is 3.71. The summed E-state index contributed by atoms with van der Waals surface area (Å²) in [5, 5.41) is 2.79. The molecule has 7 heteroatoms. The standard InChI is InChI=1S/C18H18N2O4S/c1-23-12-7-8-13(15(9-12)24-2)19-17(21)10-20-14-5-3-4-6-16(14)25-11-18(20)22/h3-9H,10-11H2,1-2H3,(H,19,21). The average Bonchev–Trinajstić information content (AvgIpc) is 2.64. The Kier molecular flexibility index (Phi) is 5.14. The van der Waals surface area contributed by atoms with Gasteiger partial charge in [-0.05, 0) is 24.3 Å². The zero-order valence-electron chi connectivity index (χ0n) is 13.9. The first kappa shape index (κ1) is 17.2. The number of benzene rings is 2. The van der Waals surface area contributed by atoms with E-state index >= 15 is 0 Å². The second-order valence-corrected chi connectivity index (χ2v) is 6.37. The van der Waals surface area contributed by atoms with Crippen molar-refractivity contribution < 1.29 is 19.1 Å². The Balaban J connectivity index is 1.76. The second-order valence-electron chi connectivity index (χ2n) is 5.35. The predicted octanol–water partition coefficient (Wildman–Crippen LogP) is 2.78. The molecule has 0 saturated carbocycles. The van der Waals surface area contributed by atoms with E-state index in [1.807, 2.05) is 24.3 Å². The molecule has 0 saturated heterocycles. The highest BCUT2D eigenvalue weighted by molar-refractivity contribution is 8.00. The number of methoxy groups -OCH3 is 2. The van der Waals surface area contributed by atoms with E-state index in [9.17, 15) is 9.59 Å². The number of thioether (sulfide) groups is 1. The fourth-order valence-corrected chi connectivity index (χ4v) is 3.50. The molecule has 1 aliphatic rings. The van der Waals surface area contributed by atoms with Crippen molar-refractivity contribution in [2.45, 2.75) is 4.90 Å². The predicted molar refractivity (Wildman–Crippen MR) is 97.7 cm³/mol. The molecular weight excluding hydrogens is 340 g/mol. The van der Waals surface area contributed by atoms with Crippen LogP contribution in [0.15, 0.2) is 47.4 Å². The van der Waals surface area contributed by atoms with Crippen molar-refractivity contribution >= 4 is 35.0 Å². The van der Waals surface area contributed by atoms with Gasteiger partial charge in [0.15, 0.2) is 0 Å². The van der Waals surface area contributed by atoms with Crippen molar-refractivity contribution in [1.82, 2.24) is 0 Å². The molecule has 2 aromatic carbocycles. The summed E-state index contributed by atoms with van der Waals surface area (Å²) in [4.78, 5) is 27.2. The highest BCUT2D eigenvalue weighted by Gasteiger charge is 2.26. The highest BCUT2D eigenvalue weighted by Crippen LogP contribution is 2.35. The summed E-state index contributed by atoms with van der Waals surface area (Å²) in [6, 6.07) is 12.7. The van der Waals surface area contributed by atoms with Gasteiger partial charge in [0.25, 0.3) is 0 Å². The lowest BCUT2D eigenvalue weighted by Crippen LogP contribution is -2.41. The minimum absolute atomic E-state index is 0.0500. The van der Waals surface area contributed by atoms with E-state index in [1.165, 1.54) is 23.8 Å². The quantitative estimate of drug-likeness (QED) is 0.890. The molecule has 0 aliphatic carbocycles. The molecule has 3 rings (SSSR count). The third-order valence-electron chi connectivity index (χ3n) is 3.79. The second kappa shape index (κ2) is 7.48. The van der Waals surface area contributed by atoms with Crippen LogP contribution in [0.25, 0.3) is 0 Å². The smallest absolute Gasteiger partial charge is 0.244 e. The Morgan fingerprint density at radius 3 is 2.76 bits per heavy atom. The molecular formula is C18H18N2O4S. The van der Waals surface area contributed by atoms with Gasteiger partial charge in [0.05, 0.1) is 31.3 Å². The SMILES string of the molecule is COc1ccc(NC(=O)CN2C(=O)CSc3ccccc32)c(OC)c1. The maximum absolute atomic E-state index is 12.5. The third-order valence-corrected chi connectivity index (χ3v) is 4.84. The molecule has 0 bridgehead atoms. The number of carbonyl (C=O) groups excluding carboxylic acids is 2. The molecule has 0 fully saturated rings. The maximum Gasteiger partial charge on any atom is 0.244 e. The Bertz CT molecular complexity index is 809. The van der Waals surface area contributed by atoms with Gasteiger partial charge in [-0.2, -0.15) is 0 Å². The molecule has 1 N–H and O–H groups in total. The number of anilines is 2. The lowest BCUT2D eigenvalue weighted by Gasteiger charge is -2.28. The molecule has 0 unspecified atom stereocenters. The minimum atomic E-state index is -0.293. The molecule has 0 spiro atoms. The van der Waals surface area contributed by atoms with Gasteiger partial charge in [0.2, 0.25) is 11.8 Å². The number of carbonyl (C=O) groups is 2. The van der Waals surface area contributed by atoms with Crippen molar-refractivity contribution in [2.75, 3.05) is 36.7 Å². The monoisotopic (exact) mass is 358 g/mol. The van der Waals surface area contributed by atoms with E-state index in [0.717, 1.165) is 10.6 Å². The summed E-state index contributed by atoms with van der Waals surface area (Å²) in [6.07, 6.45) is 0. The van der Waals surface area contributed by atoms with Crippen molar-refractivity contribution in [3.8, 4) is 11.5 Å². The lowest BCUT2D eigenvalue weighted by atomic mass is 10.2. The van der Waals surface area contributed by atoms with E-state index in [2.05, 4.69) is 5.32 Å². The maximum atomic E-state index is 12.5. The summed E-state index contributed by atoms with van der Waals surface area (Å²) in [7, 11) is 3.08. The van der Waals surface area contributed by atoms with Crippen LogP contribution < -0.4 is 19.7 Å². The number of rotatable bonds is 5. The largest absolute Gasteiger partial charge is 0.497 e. The Labute approximate surface area is 150 Å². The molecule has 25 heavy (non-hydrogen) atoms. The molecule has 1 heterocycles. The molecule has 0 atom stereocenters. The Morgan fingerprint density at radius 1 is 1.20 bits per heavy atom. The van der Waals surface area contributed by atoms with Crippen LogP contribution in [0.5, 0.6) is 11.5 Å². The number of amides is 2. The Morgan fingerprint density at radius 2 is 2.00 bits per heavy atom. The van der Waals surface area contributed by atoms with Crippen molar-refractivity contribution in [1.29, 1.82) is 0 Å². The van der Waals surface area contributed by atoms with Gasteiger partial charge in [-0.3, -0.25) is 9.59 Å². The van der Waals surface area contributed by atoms with Crippen molar-refractivity contribution in [3.05, 3.63) is 42.5 Å². The number of fused-ring (bicyclic) bond motifs is 1. The van der Waals surface area contributed by atoms with Gasteiger partial charge in [0, 0.05) is 11.0 Å². The van der Waals surface area contributed by atoms with E-state index < -0.39 is 0 Å². The van der Waals surface area contributed by atoms with E-state index in [0.29, 0.717) is 22.9 Å². The van der Waals surface area contributed by atoms with Crippen LogP contribution in [0.2, 0.25) is 0 Å². The van der Waals surface area contributed by atoms with Gasteiger partial charge < -0.3 is 19.7 Å². The van der Waals surface area contributed by atoms with Gasteiger partial charge in [-0.15, -0.1) is 11.8 Å². The molecule has 0 aromatic heterocycles. The highest BCUT2D eigenvalue weighted by atomic mass is 32.2. The minimum Gasteiger partial charge on any atom is -0.497 e. The first-order valence-electron chi connectivity index (χ1n) is 7.66. The fourth-order valence-electron chi connectivity index (χ4n) is 2.56. The molecule has 0 radical (unpaired) electrons. The van der Waals surface area contributed by atoms with Crippen LogP contribution in [0, 0.1) is 0 Å². The van der Waals surface area contributed by atoms with Crippen LogP contribution in [0.4, 0.5) is 11.4 Å². The summed E-state index contributed by atoms with van der Waals surface area (Å²) >= 11 is 1.48. The van der Waals surface area contributed by atoms with E-state index in [4.69, 9.17) is 9.47 Å². The van der Waals surface area contributed by atoms with Crippen LogP contribution >= 0.6 is 11.8 Å². The first-order chi connectivity index (χ1) is 12.1. The molecule has 130 valence electrons. The lowest BCUT2D eigenvalue weighted by molar-refractivity contribution is -0.120. The zero-order valence-corrected chi connectivity index (χ0v) is 14.8. The van der Waals surface area contributed by atoms with Crippen molar-refractivity contribution in [2.24, 2.45) is 0 Å². The summed E-state index contributed by atoms with van der Waals surface area (Å²) in [6.45, 7) is -0.0500.